The molecule has 2 heterocycles. The summed E-state index contributed by atoms with van der Waals surface area (Å²) < 4.78 is 7.37. The van der Waals surface area contributed by atoms with E-state index in [2.05, 4.69) is 17.4 Å². The fourth-order valence-electron chi connectivity index (χ4n) is 2.95. The number of nitrogens with zero attached hydrogens (tertiary/aromatic N) is 3. The van der Waals surface area contributed by atoms with Gasteiger partial charge >= 0.3 is 6.09 Å². The number of hydrogen-bond acceptors (Lipinski definition) is 5. The van der Waals surface area contributed by atoms with E-state index >= 15 is 0 Å². The van der Waals surface area contributed by atoms with Crippen molar-refractivity contribution in [2.45, 2.75) is 58.7 Å². The van der Waals surface area contributed by atoms with Gasteiger partial charge in [0.05, 0.1) is 12.2 Å². The predicted octanol–water partition coefficient (Wildman–Crippen LogP) is 2.05. The summed E-state index contributed by atoms with van der Waals surface area (Å²) in [6.45, 7) is 9.99. The van der Waals surface area contributed by atoms with Crippen LogP contribution in [0.15, 0.2) is 12.4 Å². The topological polar surface area (TPSA) is 85.4 Å². The fourth-order valence-corrected chi connectivity index (χ4v) is 2.95. The minimum Gasteiger partial charge on any atom is -0.444 e. The lowest BCUT2D eigenvalue weighted by molar-refractivity contribution is 0.0285. The van der Waals surface area contributed by atoms with Crippen LogP contribution in [-0.2, 0) is 11.3 Å². The molecule has 2 rings (SSSR count). The van der Waals surface area contributed by atoms with Crippen molar-refractivity contribution in [3.8, 4) is 0 Å². The molecule has 3 N–H and O–H groups in total. The molecule has 130 valence electrons. The maximum atomic E-state index is 12.2. The molecule has 0 radical (unpaired) electrons. The molecule has 1 saturated heterocycles. The Kier molecular flexibility index (Phi) is 5.64. The van der Waals surface area contributed by atoms with E-state index in [9.17, 15) is 4.79 Å². The highest BCUT2D eigenvalue weighted by Crippen LogP contribution is 2.30. The Balaban J connectivity index is 1.99. The molecule has 1 aromatic heterocycles. The number of likely N-dealkylation sites (tertiary alicyclic amines) is 1. The zero-order valence-corrected chi connectivity index (χ0v) is 14.6. The van der Waals surface area contributed by atoms with Crippen molar-refractivity contribution in [3.63, 3.8) is 0 Å². The Hall–Kier alpha value is -1.60. The number of ether oxygens (including phenoxy) is 1. The molecule has 0 saturated carbocycles. The van der Waals surface area contributed by atoms with Crippen LogP contribution in [0.5, 0.6) is 0 Å². The standard InChI is InChI=1S/C16H29N5O2/c1-5-7-21-11-13(9-18-21)14(19-17)12-6-8-20(10-12)15(22)23-16(2,3)4/h9,11-12,14,19H,5-8,10,17H2,1-4H3. The molecule has 1 amide bonds. The number of aromatic nitrogens is 2. The van der Waals surface area contributed by atoms with Crippen LogP contribution in [0.1, 0.15) is 52.1 Å². The molecular weight excluding hydrogens is 294 g/mol. The molecule has 1 aliphatic rings. The van der Waals surface area contributed by atoms with E-state index < -0.39 is 5.60 Å². The van der Waals surface area contributed by atoms with Crippen molar-refractivity contribution in [3.05, 3.63) is 18.0 Å². The zero-order valence-electron chi connectivity index (χ0n) is 14.6. The maximum absolute atomic E-state index is 12.2. The van der Waals surface area contributed by atoms with Gasteiger partial charge in [0.15, 0.2) is 0 Å². The summed E-state index contributed by atoms with van der Waals surface area (Å²) in [6, 6.07) is -0.00644. The summed E-state index contributed by atoms with van der Waals surface area (Å²) in [6.07, 6.45) is 5.57. The van der Waals surface area contributed by atoms with Crippen molar-refractivity contribution in [2.75, 3.05) is 13.1 Å². The van der Waals surface area contributed by atoms with Crippen molar-refractivity contribution in [2.24, 2.45) is 11.8 Å². The van der Waals surface area contributed by atoms with Crippen LogP contribution in [0.25, 0.3) is 0 Å². The number of carbonyl (C=O) groups excluding carboxylic acids is 1. The van der Waals surface area contributed by atoms with Crippen molar-refractivity contribution < 1.29 is 9.53 Å². The molecule has 7 nitrogen and oxygen atoms in total. The normalized spacial score (nSPS) is 19.9. The number of nitrogens with one attached hydrogen (secondary N) is 1. The van der Waals surface area contributed by atoms with Crippen LogP contribution < -0.4 is 11.3 Å². The molecule has 0 bridgehead atoms. The monoisotopic (exact) mass is 323 g/mol. The van der Waals surface area contributed by atoms with Crippen LogP contribution >= 0.6 is 0 Å². The zero-order chi connectivity index (χ0) is 17.0. The summed E-state index contributed by atoms with van der Waals surface area (Å²) in [4.78, 5) is 13.9. The number of hydrazine groups is 1. The molecule has 1 aromatic rings. The average Bonchev–Trinajstić information content (AvgIpc) is 3.08. The first-order chi connectivity index (χ1) is 10.8. The average molecular weight is 323 g/mol. The minimum atomic E-state index is -0.470. The first kappa shape index (κ1) is 17.7. The van der Waals surface area contributed by atoms with E-state index in [0.29, 0.717) is 13.1 Å². The van der Waals surface area contributed by atoms with Crippen LogP contribution in [0, 0.1) is 5.92 Å². The lowest BCUT2D eigenvalue weighted by Gasteiger charge is -2.25. The molecular formula is C16H29N5O2. The van der Waals surface area contributed by atoms with Crippen molar-refractivity contribution in [1.82, 2.24) is 20.1 Å². The van der Waals surface area contributed by atoms with E-state index in [1.807, 2.05) is 37.8 Å². The molecule has 1 fully saturated rings. The second-order valence-corrected chi connectivity index (χ2v) is 7.16. The first-order valence-corrected chi connectivity index (χ1v) is 8.30. The second kappa shape index (κ2) is 7.31. The number of nitrogens with two attached hydrogens (primary N) is 1. The van der Waals surface area contributed by atoms with E-state index in [-0.39, 0.29) is 18.1 Å². The van der Waals surface area contributed by atoms with Gasteiger partial charge in [0.1, 0.15) is 5.60 Å². The van der Waals surface area contributed by atoms with E-state index in [4.69, 9.17) is 10.6 Å². The second-order valence-electron chi connectivity index (χ2n) is 7.16. The SMILES string of the molecule is CCCn1cc(C(NN)C2CCN(C(=O)OC(C)(C)C)C2)cn1. The van der Waals surface area contributed by atoms with E-state index in [1.54, 1.807) is 4.90 Å². The summed E-state index contributed by atoms with van der Waals surface area (Å²) in [5.41, 5.74) is 3.49. The van der Waals surface area contributed by atoms with Crippen LogP contribution in [0.4, 0.5) is 4.79 Å². The smallest absolute Gasteiger partial charge is 0.410 e. The highest BCUT2D eigenvalue weighted by atomic mass is 16.6. The molecule has 2 atom stereocenters. The summed E-state index contributed by atoms with van der Waals surface area (Å²) in [5, 5.41) is 4.36. The highest BCUT2D eigenvalue weighted by Gasteiger charge is 2.34. The lowest BCUT2D eigenvalue weighted by Crippen LogP contribution is -2.38. The molecule has 7 heteroatoms. The first-order valence-electron chi connectivity index (χ1n) is 8.30. The Bertz CT molecular complexity index is 523. The van der Waals surface area contributed by atoms with Gasteiger partial charge in [-0.15, -0.1) is 0 Å². The molecule has 0 spiro atoms. The minimum absolute atomic E-state index is 0.00644. The largest absolute Gasteiger partial charge is 0.444 e. The van der Waals surface area contributed by atoms with Gasteiger partial charge in [0.25, 0.3) is 0 Å². The Morgan fingerprint density at radius 3 is 2.91 bits per heavy atom. The van der Waals surface area contributed by atoms with Crippen LogP contribution in [0.2, 0.25) is 0 Å². The Labute approximate surface area is 138 Å². The van der Waals surface area contributed by atoms with Crippen LogP contribution in [-0.4, -0.2) is 39.5 Å². The number of carbonyl (C=O) groups is 1. The van der Waals surface area contributed by atoms with Crippen LogP contribution in [0.3, 0.4) is 0 Å². The number of rotatable bonds is 5. The van der Waals surface area contributed by atoms with Gasteiger partial charge in [0.2, 0.25) is 0 Å². The van der Waals surface area contributed by atoms with Gasteiger partial charge in [-0.25, -0.2) is 4.79 Å². The van der Waals surface area contributed by atoms with Gasteiger partial charge in [0, 0.05) is 31.4 Å². The Morgan fingerprint density at radius 2 is 2.30 bits per heavy atom. The molecule has 0 aromatic carbocycles. The van der Waals surface area contributed by atoms with Gasteiger partial charge in [-0.2, -0.15) is 5.10 Å². The van der Waals surface area contributed by atoms with Gasteiger partial charge in [-0.3, -0.25) is 16.0 Å². The fraction of sp³-hybridized carbons (Fsp3) is 0.750. The summed E-state index contributed by atoms with van der Waals surface area (Å²) >= 11 is 0. The highest BCUT2D eigenvalue weighted by molar-refractivity contribution is 5.68. The Morgan fingerprint density at radius 1 is 1.57 bits per heavy atom. The van der Waals surface area contributed by atoms with E-state index in [1.165, 1.54) is 0 Å². The van der Waals surface area contributed by atoms with Crippen molar-refractivity contribution >= 4 is 6.09 Å². The quantitative estimate of drug-likeness (QED) is 0.640. The maximum Gasteiger partial charge on any atom is 0.410 e. The third-order valence-electron chi connectivity index (χ3n) is 3.99. The molecule has 2 unspecified atom stereocenters. The predicted molar refractivity (Wildman–Crippen MR) is 88.5 cm³/mol. The van der Waals surface area contributed by atoms with Gasteiger partial charge < -0.3 is 9.64 Å². The van der Waals surface area contributed by atoms with Crippen molar-refractivity contribution in [1.29, 1.82) is 0 Å². The summed E-state index contributed by atoms with van der Waals surface area (Å²) in [5.74, 6) is 6.03. The number of hydrogen-bond donors (Lipinski definition) is 2. The summed E-state index contributed by atoms with van der Waals surface area (Å²) in [7, 11) is 0. The molecule has 0 aliphatic carbocycles. The van der Waals surface area contributed by atoms with E-state index in [0.717, 1.165) is 24.9 Å². The van der Waals surface area contributed by atoms with Gasteiger partial charge in [-0.1, -0.05) is 6.92 Å². The number of aryl methyl sites for hydroxylation is 1. The number of amides is 1. The van der Waals surface area contributed by atoms with Gasteiger partial charge in [-0.05, 0) is 39.5 Å². The molecule has 1 aliphatic heterocycles. The third kappa shape index (κ3) is 4.68. The lowest BCUT2D eigenvalue weighted by atomic mass is 9.95. The molecule has 23 heavy (non-hydrogen) atoms. The third-order valence-corrected chi connectivity index (χ3v) is 3.99.